The Morgan fingerprint density at radius 2 is 2.09 bits per heavy atom. The summed E-state index contributed by atoms with van der Waals surface area (Å²) in [6, 6.07) is 5.23. The summed E-state index contributed by atoms with van der Waals surface area (Å²) in [5.74, 6) is -0.304. The molecule has 2 amide bonds. The number of methoxy groups -OCH3 is 1. The van der Waals surface area contributed by atoms with Crippen LogP contribution in [-0.2, 0) is 9.59 Å². The van der Waals surface area contributed by atoms with Crippen molar-refractivity contribution in [2.45, 2.75) is 20.3 Å². The molecule has 22 heavy (non-hydrogen) atoms. The Labute approximate surface area is 129 Å². The highest BCUT2D eigenvalue weighted by Gasteiger charge is 2.07. The molecule has 0 aromatic heterocycles. The van der Waals surface area contributed by atoms with E-state index >= 15 is 0 Å². The van der Waals surface area contributed by atoms with Gasteiger partial charge in [0, 0.05) is 0 Å². The van der Waals surface area contributed by atoms with Crippen molar-refractivity contribution in [2.75, 3.05) is 13.7 Å². The van der Waals surface area contributed by atoms with Crippen LogP contribution in [0.15, 0.2) is 23.3 Å². The molecule has 7 nitrogen and oxygen atoms in total. The number of hydrogen-bond acceptors (Lipinski definition) is 5. The molecule has 1 aromatic carbocycles. The summed E-state index contributed by atoms with van der Waals surface area (Å²) in [6.07, 6.45) is 2.33. The second-order valence-corrected chi connectivity index (χ2v) is 5.00. The predicted octanol–water partition coefficient (Wildman–Crippen LogP) is 1.06. The molecule has 120 valence electrons. The van der Waals surface area contributed by atoms with Crippen LogP contribution in [-0.4, -0.2) is 31.7 Å². The SMILES string of the molecule is COc1cc(/C=N\NC(=O)C(N)=O)ccc1OCCC(C)C. The highest BCUT2D eigenvalue weighted by molar-refractivity contribution is 6.34. The van der Waals surface area contributed by atoms with Gasteiger partial charge < -0.3 is 15.2 Å². The summed E-state index contributed by atoms with van der Waals surface area (Å²) in [5, 5.41) is 3.63. The normalized spacial score (nSPS) is 10.7. The number of amides is 2. The molecular weight excluding hydrogens is 286 g/mol. The van der Waals surface area contributed by atoms with Crippen molar-refractivity contribution >= 4 is 18.0 Å². The van der Waals surface area contributed by atoms with Crippen molar-refractivity contribution < 1.29 is 19.1 Å². The Morgan fingerprint density at radius 1 is 1.36 bits per heavy atom. The van der Waals surface area contributed by atoms with Gasteiger partial charge >= 0.3 is 11.8 Å². The highest BCUT2D eigenvalue weighted by Crippen LogP contribution is 2.27. The third kappa shape index (κ3) is 5.82. The minimum absolute atomic E-state index is 0.561. The van der Waals surface area contributed by atoms with E-state index in [1.807, 2.05) is 5.43 Å². The van der Waals surface area contributed by atoms with Crippen LogP contribution in [0, 0.1) is 5.92 Å². The Kier molecular flexibility index (Phi) is 6.88. The van der Waals surface area contributed by atoms with Crippen molar-refractivity contribution in [3.63, 3.8) is 0 Å². The lowest BCUT2D eigenvalue weighted by atomic mass is 10.1. The smallest absolute Gasteiger partial charge is 0.329 e. The number of nitrogens with two attached hydrogens (primary N) is 1. The van der Waals surface area contributed by atoms with Crippen LogP contribution in [0.3, 0.4) is 0 Å². The third-order valence-corrected chi connectivity index (χ3v) is 2.74. The van der Waals surface area contributed by atoms with E-state index in [4.69, 9.17) is 15.2 Å². The van der Waals surface area contributed by atoms with Gasteiger partial charge in [-0.3, -0.25) is 9.59 Å². The number of nitrogens with one attached hydrogen (secondary N) is 1. The van der Waals surface area contributed by atoms with Crippen LogP contribution < -0.4 is 20.6 Å². The van der Waals surface area contributed by atoms with E-state index in [1.54, 1.807) is 25.3 Å². The molecule has 0 atom stereocenters. The molecule has 0 aliphatic heterocycles. The van der Waals surface area contributed by atoms with Crippen LogP contribution >= 0.6 is 0 Å². The molecule has 0 bridgehead atoms. The van der Waals surface area contributed by atoms with E-state index < -0.39 is 11.8 Å². The summed E-state index contributed by atoms with van der Waals surface area (Å²) < 4.78 is 10.9. The van der Waals surface area contributed by atoms with Gasteiger partial charge in [-0.15, -0.1) is 0 Å². The maximum absolute atomic E-state index is 10.9. The molecular formula is C15H21N3O4. The highest BCUT2D eigenvalue weighted by atomic mass is 16.5. The van der Waals surface area contributed by atoms with Gasteiger partial charge in [0.2, 0.25) is 0 Å². The van der Waals surface area contributed by atoms with E-state index in [1.165, 1.54) is 6.21 Å². The first kappa shape index (κ1) is 17.5. The van der Waals surface area contributed by atoms with Crippen LogP contribution in [0.5, 0.6) is 11.5 Å². The van der Waals surface area contributed by atoms with Crippen LogP contribution in [0.2, 0.25) is 0 Å². The zero-order valence-electron chi connectivity index (χ0n) is 13.0. The van der Waals surface area contributed by atoms with Crippen molar-refractivity contribution in [3.8, 4) is 11.5 Å². The predicted molar refractivity (Wildman–Crippen MR) is 82.9 cm³/mol. The molecule has 0 fully saturated rings. The fourth-order valence-electron chi connectivity index (χ4n) is 1.51. The number of ether oxygens (including phenoxy) is 2. The number of nitrogens with zero attached hydrogens (tertiary/aromatic N) is 1. The largest absolute Gasteiger partial charge is 0.493 e. The Hall–Kier alpha value is -2.57. The Morgan fingerprint density at radius 3 is 2.68 bits per heavy atom. The number of rotatable bonds is 7. The van der Waals surface area contributed by atoms with Crippen molar-refractivity contribution in [3.05, 3.63) is 23.8 Å². The van der Waals surface area contributed by atoms with Gasteiger partial charge in [0.05, 0.1) is 19.9 Å². The molecule has 1 aromatic rings. The lowest BCUT2D eigenvalue weighted by Gasteiger charge is -2.12. The lowest BCUT2D eigenvalue weighted by molar-refractivity contribution is -0.137. The first-order chi connectivity index (χ1) is 10.4. The summed E-state index contributed by atoms with van der Waals surface area (Å²) in [5.41, 5.74) is 7.48. The van der Waals surface area contributed by atoms with E-state index in [2.05, 4.69) is 18.9 Å². The summed E-state index contributed by atoms with van der Waals surface area (Å²) in [6.45, 7) is 4.86. The second kappa shape index (κ2) is 8.66. The standard InChI is InChI=1S/C15H21N3O4/c1-10(2)6-7-22-12-5-4-11(8-13(12)21-3)9-17-18-15(20)14(16)19/h4-5,8-10H,6-7H2,1-3H3,(H2,16,19)(H,18,20)/b17-9-. The van der Waals surface area contributed by atoms with E-state index in [-0.39, 0.29) is 0 Å². The summed E-state index contributed by atoms with van der Waals surface area (Å²) >= 11 is 0. The minimum atomic E-state index is -1.09. The molecule has 0 spiro atoms. The lowest BCUT2D eigenvalue weighted by Crippen LogP contribution is -2.32. The van der Waals surface area contributed by atoms with E-state index in [0.29, 0.717) is 29.6 Å². The van der Waals surface area contributed by atoms with Gasteiger partial charge in [-0.05, 0) is 36.1 Å². The molecule has 0 saturated carbocycles. The van der Waals surface area contributed by atoms with Gasteiger partial charge in [-0.25, -0.2) is 5.43 Å². The monoisotopic (exact) mass is 307 g/mol. The van der Waals surface area contributed by atoms with E-state index in [0.717, 1.165) is 6.42 Å². The molecule has 0 aliphatic rings. The average Bonchev–Trinajstić information content (AvgIpc) is 2.47. The first-order valence-electron chi connectivity index (χ1n) is 6.87. The van der Waals surface area contributed by atoms with Gasteiger partial charge in [0.15, 0.2) is 11.5 Å². The number of hydrogen-bond donors (Lipinski definition) is 2. The molecule has 7 heteroatoms. The van der Waals surface area contributed by atoms with Gasteiger partial charge in [0.1, 0.15) is 0 Å². The van der Waals surface area contributed by atoms with Gasteiger partial charge in [-0.2, -0.15) is 5.10 Å². The summed E-state index contributed by atoms with van der Waals surface area (Å²) in [4.78, 5) is 21.5. The number of primary amides is 1. The number of hydrazone groups is 1. The zero-order chi connectivity index (χ0) is 16.5. The Bertz CT molecular complexity index is 556. The molecule has 1 rings (SSSR count). The van der Waals surface area contributed by atoms with Crippen molar-refractivity contribution in [2.24, 2.45) is 16.8 Å². The van der Waals surface area contributed by atoms with Crippen LogP contribution in [0.4, 0.5) is 0 Å². The second-order valence-electron chi connectivity index (χ2n) is 5.00. The van der Waals surface area contributed by atoms with Crippen LogP contribution in [0.25, 0.3) is 0 Å². The molecule has 0 saturated heterocycles. The molecule has 0 heterocycles. The van der Waals surface area contributed by atoms with Gasteiger partial charge in [0.25, 0.3) is 0 Å². The summed E-state index contributed by atoms with van der Waals surface area (Å²) in [7, 11) is 1.54. The number of carbonyl (C=O) groups is 2. The fraction of sp³-hybridized carbons (Fsp3) is 0.400. The molecule has 0 aliphatic carbocycles. The first-order valence-corrected chi connectivity index (χ1v) is 6.87. The average molecular weight is 307 g/mol. The van der Waals surface area contributed by atoms with E-state index in [9.17, 15) is 9.59 Å². The molecule has 3 N–H and O–H groups in total. The quantitative estimate of drug-likeness (QED) is 0.446. The molecule has 0 unspecified atom stereocenters. The maximum Gasteiger partial charge on any atom is 0.329 e. The third-order valence-electron chi connectivity index (χ3n) is 2.74. The topological polar surface area (TPSA) is 103 Å². The zero-order valence-corrected chi connectivity index (χ0v) is 13.0. The van der Waals surface area contributed by atoms with Crippen LogP contribution in [0.1, 0.15) is 25.8 Å². The Balaban J connectivity index is 2.69. The fourth-order valence-corrected chi connectivity index (χ4v) is 1.51. The number of carbonyl (C=O) groups excluding carboxylic acids is 2. The van der Waals surface area contributed by atoms with Gasteiger partial charge in [-0.1, -0.05) is 13.8 Å². The minimum Gasteiger partial charge on any atom is -0.493 e. The molecule has 0 radical (unpaired) electrons. The maximum atomic E-state index is 10.9. The number of benzene rings is 1. The van der Waals surface area contributed by atoms with Crippen molar-refractivity contribution in [1.29, 1.82) is 0 Å². The van der Waals surface area contributed by atoms with Crippen molar-refractivity contribution in [1.82, 2.24) is 5.43 Å².